The van der Waals surface area contributed by atoms with Gasteiger partial charge in [0, 0.05) is 6.04 Å². The molecule has 0 aromatic heterocycles. The summed E-state index contributed by atoms with van der Waals surface area (Å²) in [6.07, 6.45) is 15.2. The Morgan fingerprint density at radius 1 is 1.18 bits per heavy atom. The van der Waals surface area contributed by atoms with Gasteiger partial charge in [0.15, 0.2) is 0 Å². The zero-order valence-electron chi connectivity index (χ0n) is 11.7. The summed E-state index contributed by atoms with van der Waals surface area (Å²) >= 11 is 0. The van der Waals surface area contributed by atoms with E-state index in [1.54, 1.807) is 5.57 Å². The highest BCUT2D eigenvalue weighted by Crippen LogP contribution is 2.47. The fraction of sp³-hybridized carbons (Fsp3) is 0.875. The van der Waals surface area contributed by atoms with Crippen molar-refractivity contribution >= 4 is 0 Å². The first kappa shape index (κ1) is 13.1. The van der Waals surface area contributed by atoms with Crippen LogP contribution in [0.5, 0.6) is 0 Å². The van der Waals surface area contributed by atoms with Crippen LogP contribution in [0.25, 0.3) is 0 Å². The summed E-state index contributed by atoms with van der Waals surface area (Å²) in [5.74, 6) is 0. The molecule has 0 bridgehead atoms. The second kappa shape index (κ2) is 6.04. The summed E-state index contributed by atoms with van der Waals surface area (Å²) in [6, 6.07) is 0.681. The fourth-order valence-corrected chi connectivity index (χ4v) is 4.00. The van der Waals surface area contributed by atoms with E-state index in [-0.39, 0.29) is 0 Å². The predicted octanol–water partition coefficient (Wildman–Crippen LogP) is 4.44. The summed E-state index contributed by atoms with van der Waals surface area (Å²) in [7, 11) is 0. The van der Waals surface area contributed by atoms with E-state index in [0.29, 0.717) is 11.5 Å². The van der Waals surface area contributed by atoms with Crippen LogP contribution in [0.1, 0.15) is 71.6 Å². The minimum Gasteiger partial charge on any atom is -0.310 e. The second-order valence-electron chi connectivity index (χ2n) is 5.94. The van der Waals surface area contributed by atoms with Crippen LogP contribution in [-0.4, -0.2) is 12.6 Å². The maximum Gasteiger partial charge on any atom is 0.0336 e. The van der Waals surface area contributed by atoms with Crippen molar-refractivity contribution in [3.63, 3.8) is 0 Å². The van der Waals surface area contributed by atoms with Gasteiger partial charge in [-0.2, -0.15) is 0 Å². The normalized spacial score (nSPS) is 25.6. The Bertz CT molecular complexity index is 261. The van der Waals surface area contributed by atoms with Crippen molar-refractivity contribution < 1.29 is 0 Å². The number of hydrogen-bond acceptors (Lipinski definition) is 1. The Kier molecular flexibility index (Phi) is 4.67. The molecule has 1 heteroatoms. The zero-order valence-corrected chi connectivity index (χ0v) is 11.7. The van der Waals surface area contributed by atoms with Crippen molar-refractivity contribution in [3.05, 3.63) is 11.6 Å². The molecule has 0 aromatic rings. The van der Waals surface area contributed by atoms with Crippen LogP contribution in [-0.2, 0) is 0 Å². The highest BCUT2D eigenvalue weighted by molar-refractivity contribution is 5.19. The minimum atomic E-state index is 0.583. The van der Waals surface area contributed by atoms with E-state index >= 15 is 0 Å². The summed E-state index contributed by atoms with van der Waals surface area (Å²) in [6.45, 7) is 5.78. The number of nitrogens with one attached hydrogen (secondary N) is 1. The van der Waals surface area contributed by atoms with Gasteiger partial charge in [-0.1, -0.05) is 38.3 Å². The Morgan fingerprint density at radius 3 is 2.47 bits per heavy atom. The highest BCUT2D eigenvalue weighted by atomic mass is 14.9. The number of hydrogen-bond donors (Lipinski definition) is 1. The van der Waals surface area contributed by atoms with Crippen molar-refractivity contribution in [1.82, 2.24) is 5.32 Å². The first-order valence-corrected chi connectivity index (χ1v) is 7.74. The second-order valence-corrected chi connectivity index (χ2v) is 5.94. The lowest BCUT2D eigenvalue weighted by Crippen LogP contribution is -2.45. The monoisotopic (exact) mass is 235 g/mol. The highest BCUT2D eigenvalue weighted by Gasteiger charge is 2.40. The van der Waals surface area contributed by atoms with E-state index in [2.05, 4.69) is 25.2 Å². The average Bonchev–Trinajstić information content (AvgIpc) is 2.87. The third kappa shape index (κ3) is 2.76. The van der Waals surface area contributed by atoms with Crippen LogP contribution in [0.15, 0.2) is 11.6 Å². The largest absolute Gasteiger partial charge is 0.310 e. The first-order valence-electron chi connectivity index (χ1n) is 7.74. The molecule has 2 rings (SSSR count). The molecule has 1 N–H and O–H groups in total. The van der Waals surface area contributed by atoms with E-state index in [1.165, 1.54) is 57.8 Å². The molecule has 2 aliphatic carbocycles. The Hall–Kier alpha value is -0.300. The van der Waals surface area contributed by atoms with Crippen LogP contribution in [0.2, 0.25) is 0 Å². The van der Waals surface area contributed by atoms with Crippen molar-refractivity contribution in [3.8, 4) is 0 Å². The third-order valence-corrected chi connectivity index (χ3v) is 5.02. The van der Waals surface area contributed by atoms with Gasteiger partial charge in [0.25, 0.3) is 0 Å². The quantitative estimate of drug-likeness (QED) is 0.695. The Labute approximate surface area is 107 Å². The lowest BCUT2D eigenvalue weighted by atomic mass is 9.71. The van der Waals surface area contributed by atoms with Gasteiger partial charge in [0.1, 0.15) is 0 Å². The van der Waals surface area contributed by atoms with Crippen LogP contribution in [0, 0.1) is 5.41 Å². The van der Waals surface area contributed by atoms with E-state index < -0.39 is 0 Å². The van der Waals surface area contributed by atoms with Crippen LogP contribution < -0.4 is 5.32 Å². The smallest absolute Gasteiger partial charge is 0.0336 e. The fourth-order valence-electron chi connectivity index (χ4n) is 4.00. The molecule has 0 amide bonds. The minimum absolute atomic E-state index is 0.583. The standard InChI is InChI=1S/C16H29N/c1-3-16(12-8-9-13-16)15(17-4-2)14-10-6-5-7-11-14/h10,15,17H,3-9,11-13H2,1-2H3. The van der Waals surface area contributed by atoms with Crippen LogP contribution >= 0.6 is 0 Å². The molecule has 1 saturated carbocycles. The molecule has 0 spiro atoms. The van der Waals surface area contributed by atoms with Gasteiger partial charge in [-0.3, -0.25) is 0 Å². The topological polar surface area (TPSA) is 12.0 Å². The number of likely N-dealkylation sites (N-methyl/N-ethyl adjacent to an activating group) is 1. The SMILES string of the molecule is CCNC(C1=CCCCC1)C1(CC)CCCC1. The lowest BCUT2D eigenvalue weighted by molar-refractivity contribution is 0.207. The molecule has 0 saturated heterocycles. The summed E-state index contributed by atoms with van der Waals surface area (Å²) in [4.78, 5) is 0. The zero-order chi connectivity index (χ0) is 12.1. The lowest BCUT2D eigenvalue weighted by Gasteiger charge is -2.40. The molecule has 98 valence electrons. The van der Waals surface area contributed by atoms with Crippen LogP contribution in [0.3, 0.4) is 0 Å². The predicted molar refractivity (Wildman–Crippen MR) is 75.2 cm³/mol. The van der Waals surface area contributed by atoms with Gasteiger partial charge in [0.05, 0.1) is 0 Å². The van der Waals surface area contributed by atoms with Crippen molar-refractivity contribution in [2.75, 3.05) is 6.54 Å². The molecule has 17 heavy (non-hydrogen) atoms. The van der Waals surface area contributed by atoms with Crippen molar-refractivity contribution in [2.24, 2.45) is 5.41 Å². The van der Waals surface area contributed by atoms with Gasteiger partial charge in [-0.05, 0) is 56.9 Å². The van der Waals surface area contributed by atoms with Crippen molar-refractivity contribution in [2.45, 2.75) is 77.7 Å². The molecule has 2 aliphatic rings. The molecule has 1 unspecified atom stereocenters. The average molecular weight is 235 g/mol. The molecule has 0 radical (unpaired) electrons. The van der Waals surface area contributed by atoms with Crippen LogP contribution in [0.4, 0.5) is 0 Å². The van der Waals surface area contributed by atoms with E-state index in [4.69, 9.17) is 0 Å². The van der Waals surface area contributed by atoms with Crippen molar-refractivity contribution in [1.29, 1.82) is 0 Å². The first-order chi connectivity index (χ1) is 8.32. The van der Waals surface area contributed by atoms with E-state index in [1.807, 2.05) is 0 Å². The summed E-state index contributed by atoms with van der Waals surface area (Å²) in [5.41, 5.74) is 2.32. The third-order valence-electron chi connectivity index (χ3n) is 5.02. The maximum atomic E-state index is 3.82. The Balaban J connectivity index is 2.17. The number of allylic oxidation sites excluding steroid dienone is 1. The molecule has 1 fully saturated rings. The molecule has 0 aromatic carbocycles. The summed E-state index contributed by atoms with van der Waals surface area (Å²) in [5, 5.41) is 3.82. The van der Waals surface area contributed by atoms with E-state index in [0.717, 1.165) is 6.54 Å². The molecule has 0 heterocycles. The summed E-state index contributed by atoms with van der Waals surface area (Å²) < 4.78 is 0. The van der Waals surface area contributed by atoms with Gasteiger partial charge in [0.2, 0.25) is 0 Å². The molecular weight excluding hydrogens is 206 g/mol. The molecule has 1 nitrogen and oxygen atoms in total. The van der Waals surface area contributed by atoms with Gasteiger partial charge >= 0.3 is 0 Å². The molecule has 1 atom stereocenters. The van der Waals surface area contributed by atoms with E-state index in [9.17, 15) is 0 Å². The maximum absolute atomic E-state index is 3.82. The van der Waals surface area contributed by atoms with Gasteiger partial charge < -0.3 is 5.32 Å². The van der Waals surface area contributed by atoms with Gasteiger partial charge in [-0.15, -0.1) is 0 Å². The molecular formula is C16H29N. The van der Waals surface area contributed by atoms with Gasteiger partial charge in [-0.25, -0.2) is 0 Å². The molecule has 0 aliphatic heterocycles. The Morgan fingerprint density at radius 2 is 1.94 bits per heavy atom. The number of rotatable bonds is 5.